The molecule has 4 nitrogen and oxygen atoms in total. The summed E-state index contributed by atoms with van der Waals surface area (Å²) < 4.78 is 2.18. The topological polar surface area (TPSA) is 33.1 Å². The van der Waals surface area contributed by atoms with Gasteiger partial charge in [-0.25, -0.2) is 4.98 Å². The standard InChI is InChI=1S/C16H24N4/c1-4-14-13-20(15-9-6-5-7-10-15)16(18-14)19(3)12-8-11-17-2/h5-7,9-10,13,17H,4,8,11-12H2,1-3H3. The van der Waals surface area contributed by atoms with Gasteiger partial charge in [-0.15, -0.1) is 0 Å². The number of anilines is 1. The van der Waals surface area contributed by atoms with E-state index in [0.29, 0.717) is 0 Å². The van der Waals surface area contributed by atoms with Crippen LogP contribution in [0.25, 0.3) is 5.69 Å². The molecule has 0 amide bonds. The van der Waals surface area contributed by atoms with E-state index in [-0.39, 0.29) is 0 Å². The molecule has 0 saturated heterocycles. The number of aryl methyl sites for hydroxylation is 1. The number of nitrogens with one attached hydrogen (secondary N) is 1. The molecule has 2 aromatic rings. The fourth-order valence-corrected chi connectivity index (χ4v) is 2.23. The number of rotatable bonds is 7. The molecule has 0 fully saturated rings. The predicted octanol–water partition coefficient (Wildman–Crippen LogP) is 2.48. The van der Waals surface area contributed by atoms with Crippen molar-refractivity contribution in [2.75, 3.05) is 32.1 Å². The molecule has 0 bridgehead atoms. The van der Waals surface area contributed by atoms with Gasteiger partial charge in [0.1, 0.15) is 0 Å². The Balaban J connectivity index is 2.25. The Morgan fingerprint density at radius 2 is 2.00 bits per heavy atom. The van der Waals surface area contributed by atoms with Crippen LogP contribution in [-0.4, -0.2) is 36.7 Å². The lowest BCUT2D eigenvalue weighted by atomic mass is 10.3. The van der Waals surface area contributed by atoms with E-state index in [1.807, 2.05) is 13.1 Å². The largest absolute Gasteiger partial charge is 0.345 e. The zero-order valence-corrected chi connectivity index (χ0v) is 12.6. The Kier molecular flexibility index (Phi) is 5.18. The number of nitrogens with zero attached hydrogens (tertiary/aromatic N) is 3. The molecule has 0 aliphatic rings. The lowest BCUT2D eigenvalue weighted by Crippen LogP contribution is -2.24. The molecular weight excluding hydrogens is 248 g/mol. The fraction of sp³-hybridized carbons (Fsp3) is 0.438. The van der Waals surface area contributed by atoms with E-state index < -0.39 is 0 Å². The normalized spacial score (nSPS) is 10.8. The van der Waals surface area contributed by atoms with Crippen molar-refractivity contribution in [3.8, 4) is 5.69 Å². The van der Waals surface area contributed by atoms with Crippen molar-refractivity contribution < 1.29 is 0 Å². The average molecular weight is 272 g/mol. The van der Waals surface area contributed by atoms with Crippen molar-refractivity contribution in [2.45, 2.75) is 19.8 Å². The molecule has 1 aromatic carbocycles. The molecule has 2 rings (SSSR count). The minimum absolute atomic E-state index is 0.956. The summed E-state index contributed by atoms with van der Waals surface area (Å²) in [6, 6.07) is 10.4. The number of aromatic nitrogens is 2. The Labute approximate surface area is 121 Å². The van der Waals surface area contributed by atoms with E-state index in [2.05, 4.69) is 59.2 Å². The highest BCUT2D eigenvalue weighted by atomic mass is 15.3. The number of benzene rings is 1. The van der Waals surface area contributed by atoms with Crippen LogP contribution in [0, 0.1) is 0 Å². The number of hydrogen-bond donors (Lipinski definition) is 1. The summed E-state index contributed by atoms with van der Waals surface area (Å²) in [4.78, 5) is 6.98. The van der Waals surface area contributed by atoms with Gasteiger partial charge in [0.05, 0.1) is 5.69 Å². The van der Waals surface area contributed by atoms with E-state index >= 15 is 0 Å². The van der Waals surface area contributed by atoms with Crippen LogP contribution in [0.4, 0.5) is 5.95 Å². The van der Waals surface area contributed by atoms with E-state index in [1.54, 1.807) is 0 Å². The molecule has 20 heavy (non-hydrogen) atoms. The number of para-hydroxylation sites is 1. The third-order valence-electron chi connectivity index (χ3n) is 3.40. The van der Waals surface area contributed by atoms with Gasteiger partial charge in [-0.1, -0.05) is 25.1 Å². The van der Waals surface area contributed by atoms with Gasteiger partial charge < -0.3 is 10.2 Å². The van der Waals surface area contributed by atoms with Crippen molar-refractivity contribution in [1.29, 1.82) is 0 Å². The Morgan fingerprint density at radius 1 is 1.25 bits per heavy atom. The highest BCUT2D eigenvalue weighted by molar-refractivity contribution is 5.44. The monoisotopic (exact) mass is 272 g/mol. The van der Waals surface area contributed by atoms with Gasteiger partial charge in [0.25, 0.3) is 0 Å². The Morgan fingerprint density at radius 3 is 2.65 bits per heavy atom. The van der Waals surface area contributed by atoms with Crippen LogP contribution >= 0.6 is 0 Å². The first-order chi connectivity index (χ1) is 9.76. The summed E-state index contributed by atoms with van der Waals surface area (Å²) >= 11 is 0. The third-order valence-corrected chi connectivity index (χ3v) is 3.40. The van der Waals surface area contributed by atoms with E-state index in [4.69, 9.17) is 4.98 Å². The highest BCUT2D eigenvalue weighted by Crippen LogP contribution is 2.19. The average Bonchev–Trinajstić information content (AvgIpc) is 2.93. The first-order valence-electron chi connectivity index (χ1n) is 7.25. The molecule has 0 radical (unpaired) electrons. The molecule has 1 aromatic heterocycles. The van der Waals surface area contributed by atoms with Crippen molar-refractivity contribution >= 4 is 5.95 Å². The first-order valence-corrected chi connectivity index (χ1v) is 7.25. The summed E-state index contributed by atoms with van der Waals surface area (Å²) in [5.41, 5.74) is 2.29. The number of imidazole rings is 1. The van der Waals surface area contributed by atoms with Crippen LogP contribution in [0.5, 0.6) is 0 Å². The predicted molar refractivity (Wildman–Crippen MR) is 84.8 cm³/mol. The van der Waals surface area contributed by atoms with Crippen LogP contribution in [-0.2, 0) is 6.42 Å². The maximum absolute atomic E-state index is 4.75. The summed E-state index contributed by atoms with van der Waals surface area (Å²) in [6.07, 6.45) is 4.20. The summed E-state index contributed by atoms with van der Waals surface area (Å²) in [5, 5.41) is 3.18. The van der Waals surface area contributed by atoms with Crippen molar-refractivity contribution in [3.05, 3.63) is 42.2 Å². The maximum Gasteiger partial charge on any atom is 0.210 e. The van der Waals surface area contributed by atoms with Gasteiger partial charge in [0.15, 0.2) is 0 Å². The lowest BCUT2D eigenvalue weighted by molar-refractivity contribution is 0.701. The molecule has 0 atom stereocenters. The van der Waals surface area contributed by atoms with Gasteiger partial charge in [-0.2, -0.15) is 0 Å². The summed E-state index contributed by atoms with van der Waals surface area (Å²) in [5.74, 6) is 1.02. The molecule has 108 valence electrons. The quantitative estimate of drug-likeness (QED) is 0.786. The second-order valence-electron chi connectivity index (χ2n) is 4.97. The van der Waals surface area contributed by atoms with Crippen LogP contribution in [0.1, 0.15) is 19.0 Å². The fourth-order valence-electron chi connectivity index (χ4n) is 2.23. The zero-order chi connectivity index (χ0) is 14.4. The van der Waals surface area contributed by atoms with Crippen molar-refractivity contribution in [2.24, 2.45) is 0 Å². The van der Waals surface area contributed by atoms with Gasteiger partial charge in [-0.3, -0.25) is 4.57 Å². The second kappa shape index (κ2) is 7.10. The maximum atomic E-state index is 4.75. The Hall–Kier alpha value is -1.81. The van der Waals surface area contributed by atoms with Gasteiger partial charge in [0.2, 0.25) is 5.95 Å². The van der Waals surface area contributed by atoms with Crippen LogP contribution in [0.15, 0.2) is 36.5 Å². The smallest absolute Gasteiger partial charge is 0.210 e. The Bertz CT molecular complexity index is 519. The minimum atomic E-state index is 0.956. The lowest BCUT2D eigenvalue weighted by Gasteiger charge is -2.19. The highest BCUT2D eigenvalue weighted by Gasteiger charge is 2.12. The van der Waals surface area contributed by atoms with Gasteiger partial charge in [-0.05, 0) is 38.6 Å². The van der Waals surface area contributed by atoms with Crippen molar-refractivity contribution in [1.82, 2.24) is 14.9 Å². The van der Waals surface area contributed by atoms with E-state index in [0.717, 1.165) is 43.3 Å². The van der Waals surface area contributed by atoms with Crippen molar-refractivity contribution in [3.63, 3.8) is 0 Å². The van der Waals surface area contributed by atoms with Gasteiger partial charge >= 0.3 is 0 Å². The molecule has 0 unspecified atom stereocenters. The molecule has 0 saturated carbocycles. The van der Waals surface area contributed by atoms with Crippen LogP contribution < -0.4 is 10.2 Å². The summed E-state index contributed by atoms with van der Waals surface area (Å²) in [6.45, 7) is 4.16. The molecule has 0 spiro atoms. The number of hydrogen-bond acceptors (Lipinski definition) is 3. The van der Waals surface area contributed by atoms with Crippen LogP contribution in [0.2, 0.25) is 0 Å². The minimum Gasteiger partial charge on any atom is -0.345 e. The molecule has 1 heterocycles. The van der Waals surface area contributed by atoms with Gasteiger partial charge in [0, 0.05) is 25.5 Å². The second-order valence-corrected chi connectivity index (χ2v) is 4.97. The molecule has 0 aliphatic carbocycles. The van der Waals surface area contributed by atoms with Crippen LogP contribution in [0.3, 0.4) is 0 Å². The summed E-state index contributed by atoms with van der Waals surface area (Å²) in [7, 11) is 4.09. The molecule has 0 aliphatic heterocycles. The SMILES string of the molecule is CCc1cn(-c2ccccc2)c(N(C)CCCNC)n1. The van der Waals surface area contributed by atoms with E-state index in [9.17, 15) is 0 Å². The zero-order valence-electron chi connectivity index (χ0n) is 12.6. The third kappa shape index (κ3) is 3.39. The molecule has 1 N–H and O–H groups in total. The van der Waals surface area contributed by atoms with E-state index in [1.165, 1.54) is 0 Å². The molecule has 4 heteroatoms. The first kappa shape index (κ1) is 14.6. The molecular formula is C16H24N4.